The molecule has 2 aliphatic heterocycles. The molecule has 7 nitrogen and oxygen atoms in total. The van der Waals surface area contributed by atoms with E-state index in [1.807, 2.05) is 4.90 Å². The summed E-state index contributed by atoms with van der Waals surface area (Å²) in [6, 6.07) is 0.0721. The maximum absolute atomic E-state index is 11.5. The average molecular weight is 307 g/mol. The number of carbonyl (C=O) groups is 1. The summed E-state index contributed by atoms with van der Waals surface area (Å²) < 4.78 is 5.31. The number of piperidine rings is 1. The van der Waals surface area contributed by atoms with E-state index in [0.717, 1.165) is 63.8 Å². The lowest BCUT2D eigenvalue weighted by molar-refractivity contribution is 0.178. The zero-order valence-electron chi connectivity index (χ0n) is 13.4. The van der Waals surface area contributed by atoms with Crippen molar-refractivity contribution in [3.05, 3.63) is 11.7 Å². The third kappa shape index (κ3) is 3.40. The van der Waals surface area contributed by atoms with Crippen molar-refractivity contribution >= 4 is 6.03 Å². The van der Waals surface area contributed by atoms with Gasteiger partial charge in [-0.25, -0.2) is 4.79 Å². The summed E-state index contributed by atoms with van der Waals surface area (Å²) in [5.74, 6) is 2.29. The molecule has 0 saturated carbocycles. The quantitative estimate of drug-likeness (QED) is 0.890. The summed E-state index contributed by atoms with van der Waals surface area (Å²) in [6.45, 7) is 9.56. The summed E-state index contributed by atoms with van der Waals surface area (Å²) >= 11 is 0. The van der Waals surface area contributed by atoms with Gasteiger partial charge in [-0.1, -0.05) is 19.0 Å². The summed E-state index contributed by atoms with van der Waals surface area (Å²) in [5, 5.41) is 6.98. The van der Waals surface area contributed by atoms with Crippen LogP contribution in [0.5, 0.6) is 0 Å². The first-order valence-corrected chi connectivity index (χ1v) is 8.22. The fraction of sp³-hybridized carbons (Fsp3) is 0.800. The van der Waals surface area contributed by atoms with Gasteiger partial charge in [-0.2, -0.15) is 4.98 Å². The first-order valence-electron chi connectivity index (χ1n) is 8.22. The van der Waals surface area contributed by atoms with Gasteiger partial charge in [0.1, 0.15) is 0 Å². The van der Waals surface area contributed by atoms with Gasteiger partial charge in [0, 0.05) is 38.0 Å². The van der Waals surface area contributed by atoms with Crippen LogP contribution in [0.3, 0.4) is 0 Å². The summed E-state index contributed by atoms with van der Waals surface area (Å²) in [4.78, 5) is 20.3. The molecule has 1 N–H and O–H groups in total. The first-order chi connectivity index (χ1) is 10.6. The number of nitrogens with one attached hydrogen (secondary N) is 1. The van der Waals surface area contributed by atoms with Crippen molar-refractivity contribution < 1.29 is 9.32 Å². The van der Waals surface area contributed by atoms with Crippen LogP contribution in [-0.2, 0) is 0 Å². The molecule has 2 aliphatic rings. The Morgan fingerprint density at radius 3 is 2.64 bits per heavy atom. The van der Waals surface area contributed by atoms with Gasteiger partial charge in [0.2, 0.25) is 5.89 Å². The van der Waals surface area contributed by atoms with E-state index in [2.05, 4.69) is 34.2 Å². The van der Waals surface area contributed by atoms with E-state index >= 15 is 0 Å². The number of likely N-dealkylation sites (tertiary alicyclic amines) is 1. The molecule has 2 saturated heterocycles. The van der Waals surface area contributed by atoms with Crippen LogP contribution in [-0.4, -0.2) is 65.2 Å². The van der Waals surface area contributed by atoms with E-state index in [1.54, 1.807) is 0 Å². The lowest BCUT2D eigenvalue weighted by atomic mass is 9.96. The van der Waals surface area contributed by atoms with Crippen LogP contribution >= 0.6 is 0 Å². The second kappa shape index (κ2) is 6.64. The molecular weight excluding hydrogens is 282 g/mol. The fourth-order valence-corrected chi connectivity index (χ4v) is 3.05. The molecule has 2 amide bonds. The maximum atomic E-state index is 11.5. The zero-order valence-corrected chi connectivity index (χ0v) is 13.4. The fourth-order valence-electron chi connectivity index (χ4n) is 3.05. The van der Waals surface area contributed by atoms with E-state index in [0.29, 0.717) is 5.92 Å². The highest BCUT2D eigenvalue weighted by Gasteiger charge is 2.26. The van der Waals surface area contributed by atoms with Crippen molar-refractivity contribution in [2.24, 2.45) is 0 Å². The van der Waals surface area contributed by atoms with Crippen LogP contribution in [0, 0.1) is 0 Å². The van der Waals surface area contributed by atoms with Crippen LogP contribution in [0.4, 0.5) is 4.79 Å². The Bertz CT molecular complexity index is 508. The molecule has 0 aliphatic carbocycles. The minimum absolute atomic E-state index is 0.0721. The Balaban J connectivity index is 1.44. The van der Waals surface area contributed by atoms with E-state index < -0.39 is 0 Å². The number of carbonyl (C=O) groups excluding carboxylic acids is 1. The smallest absolute Gasteiger partial charge is 0.317 e. The SMILES string of the molecule is CC(C)c1nc(C2CCN(CCN3CCNC3=O)CC2)no1. The molecule has 1 aromatic heterocycles. The minimum Gasteiger partial charge on any atom is -0.339 e. The Morgan fingerprint density at radius 1 is 1.27 bits per heavy atom. The Labute approximate surface area is 131 Å². The standard InChI is InChI=1S/C15H25N5O2/c1-11(2)14-17-13(18-22-14)12-3-6-19(7-4-12)9-10-20-8-5-16-15(20)21/h11-12H,3-10H2,1-2H3,(H,16,21). The Morgan fingerprint density at radius 2 is 2.05 bits per heavy atom. The van der Waals surface area contributed by atoms with Crippen molar-refractivity contribution in [1.82, 2.24) is 25.3 Å². The molecule has 0 unspecified atom stereocenters. The number of nitrogens with zero attached hydrogens (tertiary/aromatic N) is 4. The second-order valence-electron chi connectivity index (χ2n) is 6.48. The molecule has 22 heavy (non-hydrogen) atoms. The monoisotopic (exact) mass is 307 g/mol. The van der Waals surface area contributed by atoms with E-state index in [4.69, 9.17) is 4.52 Å². The van der Waals surface area contributed by atoms with Crippen LogP contribution in [0.1, 0.15) is 50.2 Å². The Kier molecular flexibility index (Phi) is 4.61. The number of hydrogen-bond acceptors (Lipinski definition) is 5. The topological polar surface area (TPSA) is 74.5 Å². The average Bonchev–Trinajstić information content (AvgIpc) is 3.15. The number of amides is 2. The summed E-state index contributed by atoms with van der Waals surface area (Å²) in [5.41, 5.74) is 0. The van der Waals surface area contributed by atoms with Gasteiger partial charge in [0.05, 0.1) is 0 Å². The number of aromatic nitrogens is 2. The lowest BCUT2D eigenvalue weighted by Crippen LogP contribution is -2.40. The van der Waals surface area contributed by atoms with Gasteiger partial charge in [0.15, 0.2) is 5.82 Å². The van der Waals surface area contributed by atoms with Gasteiger partial charge in [-0.3, -0.25) is 0 Å². The highest BCUT2D eigenvalue weighted by atomic mass is 16.5. The van der Waals surface area contributed by atoms with E-state index in [9.17, 15) is 4.79 Å². The van der Waals surface area contributed by atoms with Crippen LogP contribution in [0.25, 0.3) is 0 Å². The molecular formula is C15H25N5O2. The van der Waals surface area contributed by atoms with Crippen molar-refractivity contribution in [2.45, 2.75) is 38.5 Å². The van der Waals surface area contributed by atoms with E-state index in [-0.39, 0.29) is 11.9 Å². The molecule has 2 fully saturated rings. The molecule has 0 bridgehead atoms. The van der Waals surface area contributed by atoms with Crippen molar-refractivity contribution in [2.75, 3.05) is 39.3 Å². The summed E-state index contributed by atoms with van der Waals surface area (Å²) in [7, 11) is 0. The molecule has 0 aromatic carbocycles. The maximum Gasteiger partial charge on any atom is 0.317 e. The zero-order chi connectivity index (χ0) is 15.5. The molecule has 0 atom stereocenters. The molecule has 122 valence electrons. The number of rotatable bonds is 5. The normalized spacial score (nSPS) is 20.9. The van der Waals surface area contributed by atoms with Gasteiger partial charge in [0.25, 0.3) is 0 Å². The van der Waals surface area contributed by atoms with Crippen LogP contribution in [0.2, 0.25) is 0 Å². The number of hydrogen-bond donors (Lipinski definition) is 1. The van der Waals surface area contributed by atoms with Gasteiger partial charge in [-0.15, -0.1) is 0 Å². The number of urea groups is 1. The molecule has 1 aromatic rings. The molecule has 0 radical (unpaired) electrons. The molecule has 3 heterocycles. The predicted molar refractivity (Wildman–Crippen MR) is 81.8 cm³/mol. The van der Waals surface area contributed by atoms with Crippen molar-refractivity contribution in [3.63, 3.8) is 0 Å². The highest BCUT2D eigenvalue weighted by Crippen LogP contribution is 2.26. The van der Waals surface area contributed by atoms with Crippen LogP contribution in [0.15, 0.2) is 4.52 Å². The van der Waals surface area contributed by atoms with Crippen LogP contribution < -0.4 is 5.32 Å². The highest BCUT2D eigenvalue weighted by molar-refractivity contribution is 5.76. The largest absolute Gasteiger partial charge is 0.339 e. The predicted octanol–water partition coefficient (Wildman–Crippen LogP) is 1.40. The minimum atomic E-state index is 0.0721. The molecule has 3 rings (SSSR count). The van der Waals surface area contributed by atoms with Gasteiger partial charge < -0.3 is 19.6 Å². The van der Waals surface area contributed by atoms with E-state index in [1.165, 1.54) is 0 Å². The van der Waals surface area contributed by atoms with Gasteiger partial charge in [-0.05, 0) is 25.9 Å². The molecule has 7 heteroatoms. The molecule has 0 spiro atoms. The van der Waals surface area contributed by atoms with Crippen molar-refractivity contribution in [3.8, 4) is 0 Å². The van der Waals surface area contributed by atoms with Gasteiger partial charge >= 0.3 is 6.03 Å². The third-order valence-electron chi connectivity index (χ3n) is 4.54. The summed E-state index contributed by atoms with van der Waals surface area (Å²) in [6.07, 6.45) is 2.12. The second-order valence-corrected chi connectivity index (χ2v) is 6.48. The third-order valence-corrected chi connectivity index (χ3v) is 4.54. The first kappa shape index (κ1) is 15.3. The lowest BCUT2D eigenvalue weighted by Gasteiger charge is -2.31. The van der Waals surface area contributed by atoms with Crippen molar-refractivity contribution in [1.29, 1.82) is 0 Å². The Hall–Kier alpha value is -1.63.